The lowest BCUT2D eigenvalue weighted by molar-refractivity contribution is 0.154. The zero-order chi connectivity index (χ0) is 19.9. The van der Waals surface area contributed by atoms with Crippen LogP contribution in [0, 0.1) is 0 Å². The molecule has 4 N–H and O–H groups in total. The van der Waals surface area contributed by atoms with E-state index in [2.05, 4.69) is 60.0 Å². The molecular weight excluding hydrogens is 361 g/mol. The number of rotatable bonds is 10. The summed E-state index contributed by atoms with van der Waals surface area (Å²) in [7, 11) is -4.49. The van der Waals surface area contributed by atoms with Gasteiger partial charge < -0.3 is 15.5 Å². The third-order valence-electron chi connectivity index (χ3n) is 4.61. The first-order valence-corrected chi connectivity index (χ1v) is 10.9. The highest BCUT2D eigenvalue weighted by molar-refractivity contribution is 7.46. The Morgan fingerprint density at radius 3 is 1.89 bits per heavy atom. The Hall–Kier alpha value is -1.49. The largest absolute Gasteiger partial charge is 0.469 e. The lowest BCUT2D eigenvalue weighted by Gasteiger charge is -2.24. The molecule has 27 heavy (non-hydrogen) atoms. The first kappa shape index (κ1) is 21.8. The van der Waals surface area contributed by atoms with Gasteiger partial charge in [0.1, 0.15) is 0 Å². The summed E-state index contributed by atoms with van der Waals surface area (Å²) in [6.45, 7) is 3.75. The molecule has 2 aromatic rings. The van der Waals surface area contributed by atoms with Crippen LogP contribution >= 0.6 is 7.82 Å². The van der Waals surface area contributed by atoms with Crippen LogP contribution in [0.1, 0.15) is 44.2 Å². The zero-order valence-corrected chi connectivity index (χ0v) is 17.0. The molecule has 0 unspecified atom stereocenters. The lowest BCUT2D eigenvalue weighted by Crippen LogP contribution is -2.41. The monoisotopic (exact) mass is 391 g/mol. The van der Waals surface area contributed by atoms with Gasteiger partial charge in [-0.05, 0) is 54.9 Å². The molecule has 0 saturated carbocycles. The minimum atomic E-state index is -4.49. The first-order chi connectivity index (χ1) is 12.7. The predicted molar refractivity (Wildman–Crippen MR) is 109 cm³/mol. The number of phosphoric acid groups is 1. The number of phosphoric ester groups is 1. The van der Waals surface area contributed by atoms with Crippen molar-refractivity contribution in [3.8, 4) is 11.1 Å². The molecule has 5 nitrogen and oxygen atoms in total. The number of unbranched alkanes of at least 4 members (excludes halogenated alkanes) is 1. The van der Waals surface area contributed by atoms with Crippen molar-refractivity contribution in [1.82, 2.24) is 0 Å². The molecule has 0 aliphatic carbocycles. The Bertz CT molecular complexity index is 751. The summed E-state index contributed by atoms with van der Waals surface area (Å²) < 4.78 is 15.3. The van der Waals surface area contributed by atoms with E-state index in [1.165, 1.54) is 29.5 Å². The summed E-state index contributed by atoms with van der Waals surface area (Å²) in [4.78, 5) is 17.6. The molecule has 0 aliphatic rings. The normalized spacial score (nSPS) is 14.1. The van der Waals surface area contributed by atoms with Crippen LogP contribution in [0.25, 0.3) is 11.1 Å². The molecular formula is C21H30NO4P. The molecule has 0 saturated heterocycles. The molecule has 0 aromatic heterocycles. The van der Waals surface area contributed by atoms with Crippen LogP contribution in [0.15, 0.2) is 48.5 Å². The van der Waals surface area contributed by atoms with Crippen molar-refractivity contribution in [2.75, 3.05) is 6.61 Å². The van der Waals surface area contributed by atoms with E-state index >= 15 is 0 Å². The highest BCUT2D eigenvalue weighted by Gasteiger charge is 2.24. The van der Waals surface area contributed by atoms with E-state index in [0.29, 0.717) is 12.8 Å². The highest BCUT2D eigenvalue weighted by atomic mass is 31.2. The van der Waals surface area contributed by atoms with Crippen molar-refractivity contribution < 1.29 is 18.9 Å². The standard InChI is InChI=1S/C21H30NO4P/c1-3-4-5-17-6-10-19(11-7-17)20-12-8-18(9-13-20)14-15-21(2,22)16-26-27(23,24)25/h6-13H,3-5,14-16,22H2,1-2H3,(H2,23,24,25)/t21-/m1/s1. The van der Waals surface area contributed by atoms with Gasteiger partial charge in [-0.1, -0.05) is 61.9 Å². The van der Waals surface area contributed by atoms with Gasteiger partial charge in [0.25, 0.3) is 0 Å². The molecule has 0 bridgehead atoms. The summed E-state index contributed by atoms with van der Waals surface area (Å²) in [5.74, 6) is 0. The fourth-order valence-electron chi connectivity index (χ4n) is 2.84. The third-order valence-corrected chi connectivity index (χ3v) is 5.07. The van der Waals surface area contributed by atoms with E-state index in [1.807, 2.05) is 0 Å². The van der Waals surface area contributed by atoms with Gasteiger partial charge in [-0.25, -0.2) is 4.57 Å². The Kier molecular flexibility index (Phi) is 7.78. The average molecular weight is 391 g/mol. The molecule has 6 heteroatoms. The highest BCUT2D eigenvalue weighted by Crippen LogP contribution is 2.36. The van der Waals surface area contributed by atoms with Gasteiger partial charge in [0.05, 0.1) is 6.61 Å². The van der Waals surface area contributed by atoms with Gasteiger partial charge in [0.2, 0.25) is 0 Å². The Balaban J connectivity index is 1.92. The topological polar surface area (TPSA) is 92.8 Å². The molecule has 1 atom stereocenters. The fourth-order valence-corrected chi connectivity index (χ4v) is 3.31. The Labute approximate surface area is 161 Å². The minimum Gasteiger partial charge on any atom is -0.323 e. The number of aryl methyl sites for hydroxylation is 2. The minimum absolute atomic E-state index is 0.181. The Morgan fingerprint density at radius 1 is 0.963 bits per heavy atom. The van der Waals surface area contributed by atoms with Crippen LogP contribution in [0.3, 0.4) is 0 Å². The summed E-state index contributed by atoms with van der Waals surface area (Å²) in [6.07, 6.45) is 4.83. The maximum Gasteiger partial charge on any atom is 0.469 e. The average Bonchev–Trinajstić information content (AvgIpc) is 2.64. The zero-order valence-electron chi connectivity index (χ0n) is 16.1. The SMILES string of the molecule is CCCCc1ccc(-c2ccc(CC[C@@](C)(N)COP(=O)(O)O)cc2)cc1. The quantitative estimate of drug-likeness (QED) is 0.520. The second-order valence-corrected chi connectivity index (χ2v) is 8.65. The van der Waals surface area contributed by atoms with Gasteiger partial charge in [0.15, 0.2) is 0 Å². The van der Waals surface area contributed by atoms with Crippen molar-refractivity contribution in [2.24, 2.45) is 5.73 Å². The van der Waals surface area contributed by atoms with Crippen LogP contribution in [-0.2, 0) is 21.9 Å². The second-order valence-electron chi connectivity index (χ2n) is 7.42. The first-order valence-electron chi connectivity index (χ1n) is 9.36. The third kappa shape index (κ3) is 7.96. The summed E-state index contributed by atoms with van der Waals surface area (Å²) in [6, 6.07) is 17.0. The van der Waals surface area contributed by atoms with E-state index < -0.39 is 13.4 Å². The molecule has 2 aromatic carbocycles. The van der Waals surface area contributed by atoms with Crippen molar-refractivity contribution >= 4 is 7.82 Å². The lowest BCUT2D eigenvalue weighted by atomic mass is 9.94. The molecule has 0 heterocycles. The predicted octanol–water partition coefficient (Wildman–Crippen LogP) is 4.46. The van der Waals surface area contributed by atoms with Crippen LogP contribution in [0.2, 0.25) is 0 Å². The number of hydrogen-bond acceptors (Lipinski definition) is 3. The number of benzene rings is 2. The molecule has 0 radical (unpaired) electrons. The van der Waals surface area contributed by atoms with Crippen LogP contribution in [0.5, 0.6) is 0 Å². The smallest absolute Gasteiger partial charge is 0.323 e. The van der Waals surface area contributed by atoms with Gasteiger partial charge in [-0.15, -0.1) is 0 Å². The summed E-state index contributed by atoms with van der Waals surface area (Å²) in [5.41, 5.74) is 10.1. The maximum atomic E-state index is 10.8. The van der Waals surface area contributed by atoms with Crippen LogP contribution in [0.4, 0.5) is 0 Å². The van der Waals surface area contributed by atoms with Gasteiger partial charge >= 0.3 is 7.82 Å². The van der Waals surface area contributed by atoms with Crippen LogP contribution in [-0.4, -0.2) is 21.9 Å². The second kappa shape index (κ2) is 9.63. The van der Waals surface area contributed by atoms with Gasteiger partial charge in [0, 0.05) is 5.54 Å². The summed E-state index contributed by atoms with van der Waals surface area (Å²) in [5, 5.41) is 0. The Morgan fingerprint density at radius 2 is 1.44 bits per heavy atom. The van der Waals surface area contributed by atoms with Crippen molar-refractivity contribution in [2.45, 2.75) is 51.5 Å². The number of hydrogen-bond donors (Lipinski definition) is 3. The molecule has 0 spiro atoms. The molecule has 2 rings (SSSR count). The van der Waals surface area contributed by atoms with Gasteiger partial charge in [-0.3, -0.25) is 4.52 Å². The molecule has 0 aliphatic heterocycles. The van der Waals surface area contributed by atoms with Gasteiger partial charge in [-0.2, -0.15) is 0 Å². The number of nitrogens with two attached hydrogens (primary N) is 1. The molecule has 0 fully saturated rings. The summed E-state index contributed by atoms with van der Waals surface area (Å²) >= 11 is 0. The van der Waals surface area contributed by atoms with Crippen molar-refractivity contribution in [3.63, 3.8) is 0 Å². The van der Waals surface area contributed by atoms with Crippen molar-refractivity contribution in [1.29, 1.82) is 0 Å². The maximum absolute atomic E-state index is 10.8. The van der Waals surface area contributed by atoms with Crippen molar-refractivity contribution in [3.05, 3.63) is 59.7 Å². The van der Waals surface area contributed by atoms with E-state index in [1.54, 1.807) is 6.92 Å². The molecule has 148 valence electrons. The van der Waals surface area contributed by atoms with E-state index in [4.69, 9.17) is 15.5 Å². The van der Waals surface area contributed by atoms with Crippen LogP contribution < -0.4 is 5.73 Å². The fraction of sp³-hybridized carbons (Fsp3) is 0.429. The van der Waals surface area contributed by atoms with E-state index in [9.17, 15) is 4.57 Å². The van der Waals surface area contributed by atoms with E-state index in [-0.39, 0.29) is 6.61 Å². The molecule has 0 amide bonds. The van der Waals surface area contributed by atoms with E-state index in [0.717, 1.165) is 12.0 Å².